The van der Waals surface area contributed by atoms with Crippen molar-refractivity contribution in [2.75, 3.05) is 7.11 Å². The molecule has 54 valence electrons. The summed E-state index contributed by atoms with van der Waals surface area (Å²) in [4.78, 5) is 3.96. The molecule has 0 fully saturated rings. The van der Waals surface area contributed by atoms with Gasteiger partial charge < -0.3 is 10.5 Å². The third kappa shape index (κ3) is 1.45. The molecule has 0 spiro atoms. The van der Waals surface area contributed by atoms with Crippen LogP contribution in [0.3, 0.4) is 0 Å². The first-order chi connectivity index (χ1) is 4.86. The number of nitrogens with zero attached hydrogens (tertiary/aromatic N) is 1. The largest absolute Gasteiger partial charge is 0.481 e. The molecule has 0 aromatic carbocycles. The molecular weight excluding hydrogens is 128 g/mol. The summed E-state index contributed by atoms with van der Waals surface area (Å²) in [5.74, 6) is 0.654. The summed E-state index contributed by atoms with van der Waals surface area (Å²) < 4.78 is 4.92. The summed E-state index contributed by atoms with van der Waals surface area (Å²) in [5.41, 5.74) is 4.89. The van der Waals surface area contributed by atoms with Crippen molar-refractivity contribution < 1.29 is 10.5 Å². The zero-order chi connectivity index (χ0) is 7.40. The van der Waals surface area contributed by atoms with Crippen LogP contribution in [-0.4, -0.2) is 12.1 Å². The van der Waals surface area contributed by atoms with Crippen molar-refractivity contribution in [2.45, 2.75) is 6.54 Å². The van der Waals surface area contributed by atoms with Gasteiger partial charge in [0.25, 0.3) is 0 Å². The Balaban J connectivity index is 2.87. The number of ether oxygens (including phenoxy) is 1. The Morgan fingerprint density at radius 1 is 1.70 bits per heavy atom. The van der Waals surface area contributed by atoms with E-state index in [9.17, 15) is 0 Å². The van der Waals surface area contributed by atoms with E-state index in [0.29, 0.717) is 5.88 Å². The van der Waals surface area contributed by atoms with Crippen LogP contribution in [0.15, 0.2) is 18.3 Å². The molecule has 3 N–H and O–H groups in total. The fourth-order valence-electron chi connectivity index (χ4n) is 0.718. The quantitative estimate of drug-likeness (QED) is 0.618. The highest BCUT2D eigenvalue weighted by Gasteiger charge is 1.93. The molecule has 0 aliphatic heterocycles. The smallest absolute Gasteiger partial charge is 0.213 e. The van der Waals surface area contributed by atoms with E-state index in [1.165, 1.54) is 0 Å². The Morgan fingerprint density at radius 3 is 3.10 bits per heavy atom. The van der Waals surface area contributed by atoms with Gasteiger partial charge in [0.15, 0.2) is 0 Å². The number of quaternary nitrogens is 1. The Kier molecular flexibility index (Phi) is 2.23. The van der Waals surface area contributed by atoms with E-state index in [4.69, 9.17) is 4.74 Å². The Morgan fingerprint density at radius 2 is 2.50 bits per heavy atom. The molecule has 1 aromatic heterocycles. The summed E-state index contributed by atoms with van der Waals surface area (Å²) >= 11 is 0. The zero-order valence-corrected chi connectivity index (χ0v) is 6.00. The monoisotopic (exact) mass is 139 g/mol. The standard InChI is InChI=1S/C7H10N2O/c1-10-7-4-6(5-8)2-3-9-7/h2-4H,5,8H2,1H3/p+1. The van der Waals surface area contributed by atoms with Crippen molar-refractivity contribution in [3.8, 4) is 5.88 Å². The molecule has 0 saturated heterocycles. The Hall–Kier alpha value is -1.09. The van der Waals surface area contributed by atoms with Crippen molar-refractivity contribution in [2.24, 2.45) is 0 Å². The molecule has 0 radical (unpaired) electrons. The second kappa shape index (κ2) is 3.17. The first kappa shape index (κ1) is 7.02. The molecule has 0 amide bonds. The van der Waals surface area contributed by atoms with E-state index in [1.807, 2.05) is 12.1 Å². The van der Waals surface area contributed by atoms with Crippen LogP contribution in [0.2, 0.25) is 0 Å². The molecule has 0 bridgehead atoms. The van der Waals surface area contributed by atoms with Crippen LogP contribution in [0, 0.1) is 0 Å². The third-order valence-electron chi connectivity index (χ3n) is 1.30. The highest BCUT2D eigenvalue weighted by molar-refractivity contribution is 5.19. The minimum Gasteiger partial charge on any atom is -0.481 e. The van der Waals surface area contributed by atoms with Gasteiger partial charge in [0, 0.05) is 17.8 Å². The zero-order valence-electron chi connectivity index (χ0n) is 6.00. The highest BCUT2D eigenvalue weighted by atomic mass is 16.5. The molecule has 10 heavy (non-hydrogen) atoms. The molecule has 3 heteroatoms. The van der Waals surface area contributed by atoms with Gasteiger partial charge in [-0.2, -0.15) is 0 Å². The molecule has 0 aliphatic carbocycles. The van der Waals surface area contributed by atoms with E-state index >= 15 is 0 Å². The fourth-order valence-corrected chi connectivity index (χ4v) is 0.718. The van der Waals surface area contributed by atoms with E-state index in [0.717, 1.165) is 12.1 Å². The van der Waals surface area contributed by atoms with E-state index < -0.39 is 0 Å². The maximum Gasteiger partial charge on any atom is 0.213 e. The van der Waals surface area contributed by atoms with E-state index in [1.54, 1.807) is 13.3 Å². The van der Waals surface area contributed by atoms with Crippen LogP contribution in [0.5, 0.6) is 5.88 Å². The maximum atomic E-state index is 4.92. The van der Waals surface area contributed by atoms with Gasteiger partial charge in [-0.1, -0.05) is 0 Å². The molecule has 0 atom stereocenters. The molecule has 1 heterocycles. The van der Waals surface area contributed by atoms with Crippen molar-refractivity contribution >= 4 is 0 Å². The van der Waals surface area contributed by atoms with Crippen LogP contribution >= 0.6 is 0 Å². The van der Waals surface area contributed by atoms with Crippen LogP contribution in [0.1, 0.15) is 5.56 Å². The number of rotatable bonds is 2. The molecule has 0 aliphatic rings. The van der Waals surface area contributed by atoms with Crippen molar-refractivity contribution in [3.63, 3.8) is 0 Å². The molecular formula is C7H11N2O+. The predicted molar refractivity (Wildman–Crippen MR) is 37.4 cm³/mol. The number of methoxy groups -OCH3 is 1. The average Bonchev–Trinajstić information content (AvgIpc) is 2.05. The number of hydrogen-bond acceptors (Lipinski definition) is 2. The second-order valence-corrected chi connectivity index (χ2v) is 1.96. The van der Waals surface area contributed by atoms with Gasteiger partial charge in [-0.25, -0.2) is 4.98 Å². The lowest BCUT2D eigenvalue weighted by molar-refractivity contribution is -0.386. The van der Waals surface area contributed by atoms with Gasteiger partial charge in [0.1, 0.15) is 0 Å². The average molecular weight is 139 g/mol. The third-order valence-corrected chi connectivity index (χ3v) is 1.30. The molecule has 0 unspecified atom stereocenters. The van der Waals surface area contributed by atoms with Crippen LogP contribution in [0.4, 0.5) is 0 Å². The lowest BCUT2D eigenvalue weighted by Crippen LogP contribution is -2.47. The summed E-state index contributed by atoms with van der Waals surface area (Å²) in [7, 11) is 1.61. The topological polar surface area (TPSA) is 49.8 Å². The lowest BCUT2D eigenvalue weighted by Gasteiger charge is -1.97. The Labute approximate surface area is 59.8 Å². The van der Waals surface area contributed by atoms with Crippen LogP contribution in [0.25, 0.3) is 0 Å². The van der Waals surface area contributed by atoms with Crippen LogP contribution < -0.4 is 10.5 Å². The lowest BCUT2D eigenvalue weighted by atomic mass is 10.3. The van der Waals surface area contributed by atoms with Gasteiger partial charge in [0.2, 0.25) is 5.88 Å². The minimum absolute atomic E-state index is 0.654. The summed E-state index contributed by atoms with van der Waals surface area (Å²) in [6.45, 7) is 0.777. The highest BCUT2D eigenvalue weighted by Crippen LogP contribution is 2.06. The van der Waals surface area contributed by atoms with Crippen molar-refractivity contribution in [1.82, 2.24) is 4.98 Å². The van der Waals surface area contributed by atoms with E-state index in [-0.39, 0.29) is 0 Å². The number of aromatic nitrogens is 1. The first-order valence-corrected chi connectivity index (χ1v) is 3.15. The number of pyridine rings is 1. The summed E-state index contributed by atoms with van der Waals surface area (Å²) in [6.07, 6.45) is 1.72. The summed E-state index contributed by atoms with van der Waals surface area (Å²) in [5, 5.41) is 0. The van der Waals surface area contributed by atoms with Crippen LogP contribution in [-0.2, 0) is 6.54 Å². The van der Waals surface area contributed by atoms with Gasteiger partial charge in [0.05, 0.1) is 13.7 Å². The number of hydrogen-bond donors (Lipinski definition) is 1. The van der Waals surface area contributed by atoms with Gasteiger partial charge in [-0.05, 0) is 6.07 Å². The first-order valence-electron chi connectivity index (χ1n) is 3.15. The Bertz CT molecular complexity index is 193. The normalized spacial score (nSPS) is 9.40. The van der Waals surface area contributed by atoms with Gasteiger partial charge in [-0.15, -0.1) is 0 Å². The fraction of sp³-hybridized carbons (Fsp3) is 0.286. The van der Waals surface area contributed by atoms with Gasteiger partial charge >= 0.3 is 0 Å². The SMILES string of the molecule is COc1cc(C[NH3+])ccn1. The minimum atomic E-state index is 0.654. The predicted octanol–water partition coefficient (Wildman–Crippen LogP) is -0.168. The molecule has 1 rings (SSSR count). The maximum absolute atomic E-state index is 4.92. The van der Waals surface area contributed by atoms with Crippen molar-refractivity contribution in [3.05, 3.63) is 23.9 Å². The summed E-state index contributed by atoms with van der Waals surface area (Å²) in [6, 6.07) is 3.81. The molecule has 0 saturated carbocycles. The van der Waals surface area contributed by atoms with Gasteiger partial charge in [-0.3, -0.25) is 0 Å². The molecule has 3 nitrogen and oxygen atoms in total. The molecule has 1 aromatic rings. The van der Waals surface area contributed by atoms with E-state index in [2.05, 4.69) is 10.7 Å². The van der Waals surface area contributed by atoms with Crippen molar-refractivity contribution in [1.29, 1.82) is 0 Å². The second-order valence-electron chi connectivity index (χ2n) is 1.96.